The van der Waals surface area contributed by atoms with Crippen LogP contribution in [0.25, 0.3) is 0 Å². The Morgan fingerprint density at radius 1 is 1.50 bits per heavy atom. The normalized spacial score (nSPS) is 18.6. The monoisotopic (exact) mass is 318 g/mol. The molecule has 1 fully saturated rings. The summed E-state index contributed by atoms with van der Waals surface area (Å²) in [5.74, 6) is 0.688. The summed E-state index contributed by atoms with van der Waals surface area (Å²) in [4.78, 5) is 19.0. The highest BCUT2D eigenvalue weighted by Crippen LogP contribution is 2.29. The van der Waals surface area contributed by atoms with Crippen molar-refractivity contribution in [2.24, 2.45) is 0 Å². The van der Waals surface area contributed by atoms with Crippen LogP contribution in [0.15, 0.2) is 23.8 Å². The maximum atomic E-state index is 12.4. The number of nitrogens with zero attached hydrogens (tertiary/aromatic N) is 4. The van der Waals surface area contributed by atoms with Gasteiger partial charge in [-0.3, -0.25) is 9.48 Å². The number of carbonyl (C=O) groups is 1. The molecule has 0 saturated carbocycles. The Kier molecular flexibility index (Phi) is 4.87. The Morgan fingerprint density at radius 3 is 3.14 bits per heavy atom. The van der Waals surface area contributed by atoms with Crippen molar-refractivity contribution in [3.8, 4) is 0 Å². The van der Waals surface area contributed by atoms with E-state index in [9.17, 15) is 4.79 Å². The van der Waals surface area contributed by atoms with Crippen LogP contribution in [-0.2, 0) is 11.3 Å². The number of aromatic nitrogens is 3. The van der Waals surface area contributed by atoms with E-state index in [1.54, 1.807) is 17.5 Å². The molecule has 3 rings (SSSR count). The van der Waals surface area contributed by atoms with E-state index in [0.29, 0.717) is 12.3 Å². The van der Waals surface area contributed by atoms with Gasteiger partial charge in [0.15, 0.2) is 0 Å². The van der Waals surface area contributed by atoms with Crippen molar-refractivity contribution in [1.29, 1.82) is 0 Å². The maximum Gasteiger partial charge on any atom is 0.222 e. The lowest BCUT2D eigenvalue weighted by molar-refractivity contribution is -0.132. The first-order chi connectivity index (χ1) is 10.7. The first kappa shape index (κ1) is 15.2. The van der Waals surface area contributed by atoms with Gasteiger partial charge in [0.05, 0.1) is 5.01 Å². The van der Waals surface area contributed by atoms with Gasteiger partial charge in [0.2, 0.25) is 5.91 Å². The van der Waals surface area contributed by atoms with Gasteiger partial charge in [-0.25, -0.2) is 4.98 Å². The molecule has 1 aliphatic rings. The fourth-order valence-corrected chi connectivity index (χ4v) is 3.87. The van der Waals surface area contributed by atoms with Gasteiger partial charge in [0, 0.05) is 55.4 Å². The second-order valence-corrected chi connectivity index (χ2v) is 6.77. The van der Waals surface area contributed by atoms with Gasteiger partial charge in [0.1, 0.15) is 0 Å². The standard InChI is InChI=1S/C16H22N4OS/c1-13-12-22-16(18-13)14-5-2-8-19(11-14)15(21)6-3-9-20-10-4-7-17-20/h4,7,10,12,14H,2-3,5-6,8-9,11H2,1H3/t14-/m1/s1. The van der Waals surface area contributed by atoms with Crippen molar-refractivity contribution in [2.75, 3.05) is 13.1 Å². The van der Waals surface area contributed by atoms with Crippen molar-refractivity contribution in [3.63, 3.8) is 0 Å². The first-order valence-corrected chi connectivity index (χ1v) is 8.77. The minimum absolute atomic E-state index is 0.269. The highest BCUT2D eigenvalue weighted by Gasteiger charge is 2.26. The minimum atomic E-state index is 0.269. The van der Waals surface area contributed by atoms with Crippen LogP contribution in [0.5, 0.6) is 0 Å². The molecule has 118 valence electrons. The number of hydrogen-bond donors (Lipinski definition) is 0. The highest BCUT2D eigenvalue weighted by atomic mass is 32.1. The third-order valence-corrected chi connectivity index (χ3v) is 5.22. The number of likely N-dealkylation sites (tertiary alicyclic amines) is 1. The maximum absolute atomic E-state index is 12.4. The van der Waals surface area contributed by atoms with Crippen LogP contribution < -0.4 is 0 Å². The van der Waals surface area contributed by atoms with Gasteiger partial charge in [-0.2, -0.15) is 5.10 Å². The van der Waals surface area contributed by atoms with Crippen LogP contribution in [0.3, 0.4) is 0 Å². The molecule has 1 amide bonds. The van der Waals surface area contributed by atoms with Crippen LogP contribution in [0.2, 0.25) is 0 Å². The van der Waals surface area contributed by atoms with E-state index in [1.165, 1.54) is 5.01 Å². The van der Waals surface area contributed by atoms with Crippen LogP contribution in [-0.4, -0.2) is 38.7 Å². The highest BCUT2D eigenvalue weighted by molar-refractivity contribution is 7.09. The lowest BCUT2D eigenvalue weighted by atomic mass is 9.98. The smallest absolute Gasteiger partial charge is 0.222 e. The largest absolute Gasteiger partial charge is 0.342 e. The van der Waals surface area contributed by atoms with E-state index >= 15 is 0 Å². The average molecular weight is 318 g/mol. The fraction of sp³-hybridized carbons (Fsp3) is 0.562. The molecule has 1 saturated heterocycles. The van der Waals surface area contributed by atoms with E-state index in [0.717, 1.165) is 44.6 Å². The molecule has 5 nitrogen and oxygen atoms in total. The van der Waals surface area contributed by atoms with Gasteiger partial charge in [-0.1, -0.05) is 0 Å². The zero-order chi connectivity index (χ0) is 15.4. The zero-order valence-corrected chi connectivity index (χ0v) is 13.8. The summed E-state index contributed by atoms with van der Waals surface area (Å²) in [7, 11) is 0. The fourth-order valence-electron chi connectivity index (χ4n) is 2.95. The van der Waals surface area contributed by atoms with Crippen molar-refractivity contribution >= 4 is 17.2 Å². The van der Waals surface area contributed by atoms with Gasteiger partial charge >= 0.3 is 0 Å². The van der Waals surface area contributed by atoms with Crippen molar-refractivity contribution in [1.82, 2.24) is 19.7 Å². The summed E-state index contributed by atoms with van der Waals surface area (Å²) < 4.78 is 1.88. The average Bonchev–Trinajstić information content (AvgIpc) is 3.19. The lowest BCUT2D eigenvalue weighted by Crippen LogP contribution is -2.39. The molecule has 0 unspecified atom stereocenters. The number of carbonyl (C=O) groups excluding carboxylic acids is 1. The van der Waals surface area contributed by atoms with Gasteiger partial charge in [-0.05, 0) is 32.3 Å². The molecular formula is C16H22N4OS. The first-order valence-electron chi connectivity index (χ1n) is 7.89. The van der Waals surface area contributed by atoms with E-state index in [1.807, 2.05) is 28.8 Å². The topological polar surface area (TPSA) is 51.0 Å². The number of rotatable bonds is 5. The Bertz CT molecular complexity index is 607. The van der Waals surface area contributed by atoms with Gasteiger partial charge in [0.25, 0.3) is 0 Å². The Hall–Kier alpha value is -1.69. The number of thiazole rings is 1. The van der Waals surface area contributed by atoms with Crippen molar-refractivity contribution < 1.29 is 4.79 Å². The summed E-state index contributed by atoms with van der Waals surface area (Å²) in [6.07, 6.45) is 7.37. The van der Waals surface area contributed by atoms with Gasteiger partial charge in [-0.15, -0.1) is 11.3 Å². The Labute approximate surface area is 135 Å². The SMILES string of the molecule is Cc1csc([C@@H]2CCCN(C(=O)CCCn3cccn3)C2)n1. The molecule has 6 heteroatoms. The summed E-state index contributed by atoms with van der Waals surface area (Å²) >= 11 is 1.73. The molecule has 0 N–H and O–H groups in total. The second-order valence-electron chi connectivity index (χ2n) is 5.88. The van der Waals surface area contributed by atoms with E-state index in [-0.39, 0.29) is 5.91 Å². The summed E-state index contributed by atoms with van der Waals surface area (Å²) in [6.45, 7) is 4.55. The molecular weight excluding hydrogens is 296 g/mol. The molecule has 3 heterocycles. The van der Waals surface area contributed by atoms with Crippen molar-refractivity contribution in [3.05, 3.63) is 34.5 Å². The number of piperidine rings is 1. The molecule has 0 radical (unpaired) electrons. The number of aryl methyl sites for hydroxylation is 2. The van der Waals surface area contributed by atoms with E-state index in [2.05, 4.69) is 15.5 Å². The second kappa shape index (κ2) is 7.05. The number of hydrogen-bond acceptors (Lipinski definition) is 4. The molecule has 0 bridgehead atoms. The van der Waals surface area contributed by atoms with Crippen LogP contribution >= 0.6 is 11.3 Å². The molecule has 1 atom stereocenters. The Balaban J connectivity index is 1.49. The molecule has 0 spiro atoms. The molecule has 1 aliphatic heterocycles. The summed E-state index contributed by atoms with van der Waals surface area (Å²) in [5, 5.41) is 7.45. The molecule has 0 aliphatic carbocycles. The molecule has 0 aromatic carbocycles. The van der Waals surface area contributed by atoms with Crippen LogP contribution in [0.1, 0.15) is 42.3 Å². The van der Waals surface area contributed by atoms with E-state index < -0.39 is 0 Å². The number of amides is 1. The summed E-state index contributed by atoms with van der Waals surface area (Å²) in [5.41, 5.74) is 1.09. The van der Waals surface area contributed by atoms with Crippen molar-refractivity contribution in [2.45, 2.75) is 45.1 Å². The lowest BCUT2D eigenvalue weighted by Gasteiger charge is -2.32. The quantitative estimate of drug-likeness (QED) is 0.852. The molecule has 22 heavy (non-hydrogen) atoms. The van der Waals surface area contributed by atoms with E-state index in [4.69, 9.17) is 0 Å². The minimum Gasteiger partial charge on any atom is -0.342 e. The third kappa shape index (κ3) is 3.74. The molecule has 2 aromatic heterocycles. The Morgan fingerprint density at radius 2 is 2.41 bits per heavy atom. The van der Waals surface area contributed by atoms with Gasteiger partial charge < -0.3 is 4.90 Å². The summed E-state index contributed by atoms with van der Waals surface area (Å²) in [6, 6.07) is 1.91. The third-order valence-electron chi connectivity index (χ3n) is 4.10. The molecule has 2 aromatic rings. The van der Waals surface area contributed by atoms with Crippen LogP contribution in [0, 0.1) is 6.92 Å². The predicted octanol–water partition coefficient (Wildman–Crippen LogP) is 2.83. The zero-order valence-electron chi connectivity index (χ0n) is 12.9. The predicted molar refractivity (Wildman–Crippen MR) is 86.9 cm³/mol. The van der Waals surface area contributed by atoms with Crippen LogP contribution in [0.4, 0.5) is 0 Å².